The Morgan fingerprint density at radius 1 is 1.30 bits per heavy atom. The smallest absolute Gasteiger partial charge is 0.223 e. The molecular weight excluding hydrogens is 252 g/mol. The highest BCUT2D eigenvalue weighted by Gasteiger charge is 2.31. The summed E-state index contributed by atoms with van der Waals surface area (Å²) in [5.74, 6) is 0.905. The van der Waals surface area contributed by atoms with E-state index in [0.717, 1.165) is 44.5 Å². The van der Waals surface area contributed by atoms with Crippen LogP contribution in [0.2, 0.25) is 0 Å². The molecule has 1 aromatic rings. The van der Waals surface area contributed by atoms with Crippen LogP contribution in [-0.4, -0.2) is 24.1 Å². The molecule has 1 N–H and O–H groups in total. The van der Waals surface area contributed by atoms with Gasteiger partial charge in [-0.25, -0.2) is 0 Å². The third kappa shape index (κ3) is 3.01. The van der Waals surface area contributed by atoms with E-state index < -0.39 is 0 Å². The first-order chi connectivity index (χ1) is 9.84. The van der Waals surface area contributed by atoms with Gasteiger partial charge in [0.25, 0.3) is 0 Å². The molecule has 1 saturated heterocycles. The number of ether oxygens (including phenoxy) is 1. The number of carbonyl (C=O) groups excluding carboxylic acids is 1. The number of nitrogens with one attached hydrogen (secondary N) is 1. The fourth-order valence-electron chi connectivity index (χ4n) is 3.02. The Hall–Kier alpha value is -1.42. The maximum absolute atomic E-state index is 12.3. The second-order valence-corrected chi connectivity index (χ2v) is 5.85. The van der Waals surface area contributed by atoms with E-state index in [-0.39, 0.29) is 17.9 Å². The zero-order valence-electron chi connectivity index (χ0n) is 11.8. The van der Waals surface area contributed by atoms with Crippen molar-refractivity contribution in [3.05, 3.63) is 30.1 Å². The van der Waals surface area contributed by atoms with Crippen LogP contribution < -0.4 is 5.32 Å². The summed E-state index contributed by atoms with van der Waals surface area (Å²) in [5, 5.41) is 3.27. The van der Waals surface area contributed by atoms with Crippen molar-refractivity contribution < 1.29 is 9.53 Å². The van der Waals surface area contributed by atoms with E-state index >= 15 is 0 Å². The van der Waals surface area contributed by atoms with Crippen molar-refractivity contribution >= 4 is 5.91 Å². The van der Waals surface area contributed by atoms with E-state index in [1.54, 1.807) is 6.20 Å². The van der Waals surface area contributed by atoms with Crippen LogP contribution in [-0.2, 0) is 9.53 Å². The van der Waals surface area contributed by atoms with Crippen molar-refractivity contribution in [1.29, 1.82) is 0 Å². The lowest BCUT2D eigenvalue weighted by molar-refractivity contribution is -0.128. The van der Waals surface area contributed by atoms with Gasteiger partial charge in [0, 0.05) is 31.5 Å². The lowest BCUT2D eigenvalue weighted by Crippen LogP contribution is -2.41. The first-order valence-corrected chi connectivity index (χ1v) is 7.62. The Morgan fingerprint density at radius 2 is 2.10 bits per heavy atom. The maximum Gasteiger partial charge on any atom is 0.223 e. The van der Waals surface area contributed by atoms with Crippen molar-refractivity contribution in [1.82, 2.24) is 10.3 Å². The van der Waals surface area contributed by atoms with Crippen molar-refractivity contribution in [3.63, 3.8) is 0 Å². The molecule has 0 radical (unpaired) electrons. The molecule has 2 fully saturated rings. The maximum atomic E-state index is 12.3. The van der Waals surface area contributed by atoms with Gasteiger partial charge in [0.15, 0.2) is 0 Å². The summed E-state index contributed by atoms with van der Waals surface area (Å²) >= 11 is 0. The predicted octanol–water partition coefficient (Wildman–Crippen LogP) is 2.47. The van der Waals surface area contributed by atoms with Crippen LogP contribution in [0.5, 0.6) is 0 Å². The standard InChI is InChI=1S/C16H22N2O2/c19-16(13-3-1-4-13)18-15(12-6-9-20-10-7-12)14-5-2-8-17-11-14/h2,5,8,11-13,15H,1,3-4,6-7,9-10H2,(H,18,19). The Morgan fingerprint density at radius 3 is 2.70 bits per heavy atom. The Labute approximate surface area is 119 Å². The zero-order valence-corrected chi connectivity index (χ0v) is 11.8. The third-order valence-corrected chi connectivity index (χ3v) is 4.55. The molecule has 1 amide bonds. The minimum absolute atomic E-state index is 0.0840. The number of hydrogen-bond donors (Lipinski definition) is 1. The number of aromatic nitrogens is 1. The summed E-state index contributed by atoms with van der Waals surface area (Å²) in [6, 6.07) is 4.09. The molecule has 2 aliphatic rings. The minimum atomic E-state index is 0.0840. The lowest BCUT2D eigenvalue weighted by Gasteiger charge is -2.33. The molecule has 108 valence electrons. The molecule has 2 heterocycles. The zero-order chi connectivity index (χ0) is 13.8. The minimum Gasteiger partial charge on any atom is -0.381 e. The molecule has 1 aromatic heterocycles. The third-order valence-electron chi connectivity index (χ3n) is 4.55. The number of hydrogen-bond acceptors (Lipinski definition) is 3. The van der Waals surface area contributed by atoms with Crippen LogP contribution >= 0.6 is 0 Å². The molecule has 1 aliphatic heterocycles. The highest BCUT2D eigenvalue weighted by atomic mass is 16.5. The Balaban J connectivity index is 1.73. The Kier molecular flexibility index (Phi) is 4.31. The fraction of sp³-hybridized carbons (Fsp3) is 0.625. The van der Waals surface area contributed by atoms with Gasteiger partial charge in [-0.05, 0) is 43.2 Å². The summed E-state index contributed by atoms with van der Waals surface area (Å²) < 4.78 is 5.44. The largest absolute Gasteiger partial charge is 0.381 e. The highest BCUT2D eigenvalue weighted by Crippen LogP contribution is 2.32. The quantitative estimate of drug-likeness (QED) is 0.917. The number of pyridine rings is 1. The lowest BCUT2D eigenvalue weighted by atomic mass is 9.83. The Bertz CT molecular complexity index is 439. The normalized spacial score (nSPS) is 22.0. The van der Waals surface area contributed by atoms with E-state index in [0.29, 0.717) is 5.92 Å². The van der Waals surface area contributed by atoms with Crippen LogP contribution in [0.3, 0.4) is 0 Å². The molecule has 1 saturated carbocycles. The molecule has 0 aromatic carbocycles. The molecular formula is C16H22N2O2. The van der Waals surface area contributed by atoms with Crippen molar-refractivity contribution in [2.24, 2.45) is 11.8 Å². The summed E-state index contributed by atoms with van der Waals surface area (Å²) in [7, 11) is 0. The summed E-state index contributed by atoms with van der Waals surface area (Å²) in [6.45, 7) is 1.58. The van der Waals surface area contributed by atoms with Crippen LogP contribution in [0.1, 0.15) is 43.7 Å². The van der Waals surface area contributed by atoms with E-state index in [4.69, 9.17) is 4.74 Å². The molecule has 0 bridgehead atoms. The second kappa shape index (κ2) is 6.35. The van der Waals surface area contributed by atoms with Gasteiger partial charge < -0.3 is 10.1 Å². The molecule has 4 heteroatoms. The molecule has 20 heavy (non-hydrogen) atoms. The molecule has 1 unspecified atom stereocenters. The van der Waals surface area contributed by atoms with Crippen molar-refractivity contribution in [2.45, 2.75) is 38.1 Å². The van der Waals surface area contributed by atoms with E-state index in [1.165, 1.54) is 6.42 Å². The second-order valence-electron chi connectivity index (χ2n) is 5.85. The van der Waals surface area contributed by atoms with Gasteiger partial charge in [-0.2, -0.15) is 0 Å². The predicted molar refractivity (Wildman–Crippen MR) is 76.0 cm³/mol. The average Bonchev–Trinajstić information content (AvgIpc) is 2.45. The van der Waals surface area contributed by atoms with Gasteiger partial charge in [0.05, 0.1) is 6.04 Å². The van der Waals surface area contributed by atoms with Crippen LogP contribution in [0.4, 0.5) is 0 Å². The molecule has 3 rings (SSSR count). The number of amides is 1. The fourth-order valence-corrected chi connectivity index (χ4v) is 3.02. The average molecular weight is 274 g/mol. The van der Waals surface area contributed by atoms with Gasteiger partial charge >= 0.3 is 0 Å². The summed E-state index contributed by atoms with van der Waals surface area (Å²) in [5.41, 5.74) is 1.12. The van der Waals surface area contributed by atoms with Crippen LogP contribution in [0.25, 0.3) is 0 Å². The number of carbonyl (C=O) groups is 1. The summed E-state index contributed by atoms with van der Waals surface area (Å²) in [6.07, 6.45) is 8.93. The van der Waals surface area contributed by atoms with Gasteiger partial charge in [0.1, 0.15) is 0 Å². The van der Waals surface area contributed by atoms with Crippen molar-refractivity contribution in [3.8, 4) is 0 Å². The highest BCUT2D eigenvalue weighted by molar-refractivity contribution is 5.79. The monoisotopic (exact) mass is 274 g/mol. The molecule has 4 nitrogen and oxygen atoms in total. The molecule has 0 spiro atoms. The van der Waals surface area contributed by atoms with Gasteiger partial charge in [0.2, 0.25) is 5.91 Å². The van der Waals surface area contributed by atoms with Gasteiger partial charge in [-0.3, -0.25) is 9.78 Å². The first kappa shape index (κ1) is 13.6. The van der Waals surface area contributed by atoms with E-state index in [2.05, 4.69) is 16.4 Å². The van der Waals surface area contributed by atoms with Gasteiger partial charge in [-0.15, -0.1) is 0 Å². The SMILES string of the molecule is O=C(NC(c1cccnc1)C1CCOCC1)C1CCC1. The van der Waals surface area contributed by atoms with E-state index in [9.17, 15) is 4.79 Å². The van der Waals surface area contributed by atoms with Gasteiger partial charge in [-0.1, -0.05) is 12.5 Å². The van der Waals surface area contributed by atoms with Crippen LogP contribution in [0, 0.1) is 11.8 Å². The molecule has 1 aliphatic carbocycles. The first-order valence-electron chi connectivity index (χ1n) is 7.62. The molecule has 1 atom stereocenters. The van der Waals surface area contributed by atoms with E-state index in [1.807, 2.05) is 12.3 Å². The van der Waals surface area contributed by atoms with Crippen molar-refractivity contribution in [2.75, 3.05) is 13.2 Å². The number of nitrogens with zero attached hydrogens (tertiary/aromatic N) is 1. The topological polar surface area (TPSA) is 51.2 Å². The number of rotatable bonds is 4. The van der Waals surface area contributed by atoms with Crippen LogP contribution in [0.15, 0.2) is 24.5 Å². The summed E-state index contributed by atoms with van der Waals surface area (Å²) in [4.78, 5) is 16.5.